The van der Waals surface area contributed by atoms with E-state index in [0.717, 1.165) is 10.6 Å². The molecule has 7 nitrogen and oxygen atoms in total. The largest absolute Gasteiger partial charge is 0.493 e. The lowest BCUT2D eigenvalue weighted by Gasteiger charge is -2.15. The number of amides is 1. The second kappa shape index (κ2) is 11.8. The van der Waals surface area contributed by atoms with E-state index in [-0.39, 0.29) is 24.5 Å². The molecule has 0 spiro atoms. The van der Waals surface area contributed by atoms with E-state index in [4.69, 9.17) is 18.9 Å². The minimum absolute atomic E-state index is 0.169. The highest BCUT2D eigenvalue weighted by Gasteiger charge is 2.20. The van der Waals surface area contributed by atoms with Gasteiger partial charge in [-0.25, -0.2) is 4.79 Å². The van der Waals surface area contributed by atoms with Crippen molar-refractivity contribution in [3.8, 4) is 17.2 Å². The molecule has 0 unspecified atom stereocenters. The Morgan fingerprint density at radius 2 is 1.69 bits per heavy atom. The Hall–Kier alpha value is -3.52. The maximum Gasteiger partial charge on any atom is 0.340 e. The monoisotopic (exact) mass is 455 g/mol. The van der Waals surface area contributed by atoms with Crippen LogP contribution in [0.2, 0.25) is 0 Å². The Balaban J connectivity index is 1.64. The summed E-state index contributed by atoms with van der Waals surface area (Å²) in [5.74, 6) is 0.700. The minimum Gasteiger partial charge on any atom is -0.493 e. The summed E-state index contributed by atoms with van der Waals surface area (Å²) in [7, 11) is 2.96. The third kappa shape index (κ3) is 6.49. The van der Waals surface area contributed by atoms with Gasteiger partial charge in [-0.1, -0.05) is 24.3 Å². The number of anilines is 1. The van der Waals surface area contributed by atoms with Gasteiger partial charge in [-0.2, -0.15) is 0 Å². The van der Waals surface area contributed by atoms with Crippen LogP contribution in [0.1, 0.15) is 21.7 Å². The summed E-state index contributed by atoms with van der Waals surface area (Å²) in [6.45, 7) is 0.580. The fourth-order valence-electron chi connectivity index (χ4n) is 2.93. The number of carbonyl (C=O) groups excluding carboxylic acids is 2. The molecule has 32 heavy (non-hydrogen) atoms. The Morgan fingerprint density at radius 1 is 0.938 bits per heavy atom. The highest BCUT2D eigenvalue weighted by atomic mass is 32.1. The number of hydrogen-bond donors (Lipinski definition) is 1. The summed E-state index contributed by atoms with van der Waals surface area (Å²) in [6, 6.07) is 16.2. The predicted octanol–water partition coefficient (Wildman–Crippen LogP) is 4.57. The molecule has 0 aliphatic carbocycles. The van der Waals surface area contributed by atoms with Crippen LogP contribution in [0.5, 0.6) is 17.2 Å². The standard InChI is InChI=1S/C24H25NO6S/c1-28-21-15-19(24(27)31-12-7-11-30-17-8-4-3-5-9-17)20(16-22(21)29-2)25-23(26)14-18-10-6-13-32-18/h3-6,8-10,13,15-16H,7,11-12,14H2,1-2H3,(H,25,26). The van der Waals surface area contributed by atoms with Crippen LogP contribution in [0.15, 0.2) is 60.0 Å². The number of thiophene rings is 1. The molecule has 0 bridgehead atoms. The smallest absolute Gasteiger partial charge is 0.340 e. The van der Waals surface area contributed by atoms with Gasteiger partial charge >= 0.3 is 5.97 Å². The first-order valence-electron chi connectivity index (χ1n) is 10.0. The van der Waals surface area contributed by atoms with E-state index in [1.807, 2.05) is 47.8 Å². The zero-order valence-electron chi connectivity index (χ0n) is 18.0. The average Bonchev–Trinajstić information content (AvgIpc) is 3.31. The van der Waals surface area contributed by atoms with Gasteiger partial charge < -0.3 is 24.3 Å². The molecule has 3 aromatic rings. The van der Waals surface area contributed by atoms with E-state index in [1.54, 1.807) is 6.07 Å². The lowest BCUT2D eigenvalue weighted by atomic mass is 10.1. The fourth-order valence-corrected chi connectivity index (χ4v) is 3.63. The van der Waals surface area contributed by atoms with Crippen molar-refractivity contribution in [3.63, 3.8) is 0 Å². The Labute approximate surface area is 190 Å². The van der Waals surface area contributed by atoms with Crippen LogP contribution in [-0.2, 0) is 16.0 Å². The molecule has 1 aromatic heterocycles. The van der Waals surface area contributed by atoms with Gasteiger partial charge in [-0.15, -0.1) is 11.3 Å². The van der Waals surface area contributed by atoms with E-state index in [1.165, 1.54) is 31.6 Å². The number of esters is 1. The quantitative estimate of drug-likeness (QED) is 0.337. The Kier molecular flexibility index (Phi) is 8.51. The van der Waals surface area contributed by atoms with Crippen LogP contribution in [0.4, 0.5) is 5.69 Å². The van der Waals surface area contributed by atoms with Crippen molar-refractivity contribution in [3.05, 3.63) is 70.4 Å². The van der Waals surface area contributed by atoms with Crippen molar-refractivity contribution >= 4 is 28.9 Å². The van der Waals surface area contributed by atoms with Crippen molar-refractivity contribution in [1.29, 1.82) is 0 Å². The zero-order valence-corrected chi connectivity index (χ0v) is 18.8. The number of ether oxygens (including phenoxy) is 4. The van der Waals surface area contributed by atoms with Crippen LogP contribution >= 0.6 is 11.3 Å². The molecule has 0 aliphatic rings. The SMILES string of the molecule is COc1cc(NC(=O)Cc2cccs2)c(C(=O)OCCCOc2ccccc2)cc1OC. The maximum atomic E-state index is 12.8. The molecule has 1 heterocycles. The summed E-state index contributed by atoms with van der Waals surface area (Å²) in [5.41, 5.74) is 0.487. The molecule has 2 aromatic carbocycles. The van der Waals surface area contributed by atoms with E-state index in [2.05, 4.69) is 5.32 Å². The molecule has 168 valence electrons. The molecule has 1 amide bonds. The topological polar surface area (TPSA) is 83.1 Å². The van der Waals surface area contributed by atoms with Crippen LogP contribution in [-0.4, -0.2) is 39.3 Å². The van der Waals surface area contributed by atoms with Gasteiger partial charge in [-0.3, -0.25) is 4.79 Å². The first-order valence-corrected chi connectivity index (χ1v) is 10.9. The first-order chi connectivity index (χ1) is 15.6. The minimum atomic E-state index is -0.572. The Bertz CT molecular complexity index is 1020. The number of nitrogens with one attached hydrogen (secondary N) is 1. The lowest BCUT2D eigenvalue weighted by molar-refractivity contribution is -0.115. The maximum absolute atomic E-state index is 12.8. The summed E-state index contributed by atoms with van der Waals surface area (Å²) in [6.07, 6.45) is 0.727. The van der Waals surface area contributed by atoms with Crippen molar-refractivity contribution in [2.75, 3.05) is 32.8 Å². The van der Waals surface area contributed by atoms with Gasteiger partial charge in [0.05, 0.1) is 45.1 Å². The molecule has 0 saturated heterocycles. The molecule has 8 heteroatoms. The van der Waals surface area contributed by atoms with Crippen LogP contribution in [0.3, 0.4) is 0 Å². The molecule has 1 N–H and O–H groups in total. The zero-order chi connectivity index (χ0) is 22.8. The highest BCUT2D eigenvalue weighted by Crippen LogP contribution is 2.34. The molecular weight excluding hydrogens is 430 g/mol. The van der Waals surface area contributed by atoms with Gasteiger partial charge in [-0.05, 0) is 23.6 Å². The molecule has 3 rings (SSSR count). The summed E-state index contributed by atoms with van der Waals surface area (Å²) < 4.78 is 21.6. The molecule has 0 atom stereocenters. The molecular formula is C24H25NO6S. The van der Waals surface area contributed by atoms with E-state index in [9.17, 15) is 9.59 Å². The van der Waals surface area contributed by atoms with Gasteiger partial charge in [0.15, 0.2) is 11.5 Å². The predicted molar refractivity (Wildman–Crippen MR) is 123 cm³/mol. The van der Waals surface area contributed by atoms with Crippen molar-refractivity contribution < 1.29 is 28.5 Å². The summed E-state index contributed by atoms with van der Waals surface area (Å²) in [4.78, 5) is 26.2. The van der Waals surface area contributed by atoms with Gasteiger partial charge in [0, 0.05) is 23.4 Å². The molecule has 0 aliphatic heterocycles. The number of hydrogen-bond acceptors (Lipinski definition) is 7. The third-order valence-electron chi connectivity index (χ3n) is 4.47. The number of para-hydroxylation sites is 1. The Morgan fingerprint density at radius 3 is 2.38 bits per heavy atom. The lowest BCUT2D eigenvalue weighted by Crippen LogP contribution is -2.18. The van der Waals surface area contributed by atoms with Gasteiger partial charge in [0.1, 0.15) is 5.75 Å². The molecule has 0 saturated carbocycles. The fraction of sp³-hybridized carbons (Fsp3) is 0.250. The number of benzene rings is 2. The average molecular weight is 456 g/mol. The normalized spacial score (nSPS) is 10.3. The van der Waals surface area contributed by atoms with Gasteiger partial charge in [0.25, 0.3) is 0 Å². The van der Waals surface area contributed by atoms with Crippen molar-refractivity contribution in [2.45, 2.75) is 12.8 Å². The third-order valence-corrected chi connectivity index (χ3v) is 5.34. The second-order valence-electron chi connectivity index (χ2n) is 6.71. The molecule has 0 fully saturated rings. The van der Waals surface area contributed by atoms with Crippen LogP contribution in [0.25, 0.3) is 0 Å². The van der Waals surface area contributed by atoms with Crippen LogP contribution < -0.4 is 19.5 Å². The summed E-state index contributed by atoms with van der Waals surface area (Å²) >= 11 is 1.49. The number of carbonyl (C=O) groups is 2. The number of rotatable bonds is 11. The summed E-state index contributed by atoms with van der Waals surface area (Å²) in [5, 5.41) is 4.69. The first kappa shape index (κ1) is 23.1. The number of methoxy groups -OCH3 is 2. The van der Waals surface area contributed by atoms with E-state index < -0.39 is 5.97 Å². The molecule has 0 radical (unpaired) electrons. The van der Waals surface area contributed by atoms with Crippen LogP contribution in [0, 0.1) is 0 Å². The van der Waals surface area contributed by atoms with Crippen molar-refractivity contribution in [1.82, 2.24) is 0 Å². The van der Waals surface area contributed by atoms with E-state index >= 15 is 0 Å². The van der Waals surface area contributed by atoms with Gasteiger partial charge in [0.2, 0.25) is 5.91 Å². The van der Waals surface area contributed by atoms with E-state index in [0.29, 0.717) is 30.2 Å². The van der Waals surface area contributed by atoms with Crippen molar-refractivity contribution in [2.24, 2.45) is 0 Å². The second-order valence-corrected chi connectivity index (χ2v) is 7.74. The highest BCUT2D eigenvalue weighted by molar-refractivity contribution is 7.10.